The molecule has 3 aromatic rings. The van der Waals surface area contributed by atoms with Crippen molar-refractivity contribution in [2.75, 3.05) is 7.11 Å². The number of nitrogens with two attached hydrogens (primary N) is 1. The molecular weight excluding hydrogens is 378 g/mol. The van der Waals surface area contributed by atoms with Gasteiger partial charge in [0.15, 0.2) is 5.69 Å². The zero-order valence-electron chi connectivity index (χ0n) is 13.6. The number of methoxy groups -OCH3 is 1. The number of hydrogen-bond donors (Lipinski definition) is 2. The molecule has 0 spiro atoms. The molecule has 0 bridgehead atoms. The molecule has 0 aliphatic rings. The Kier molecular flexibility index (Phi) is 4.82. The van der Waals surface area contributed by atoms with Crippen molar-refractivity contribution >= 4 is 27.6 Å². The molecule has 0 unspecified atom stereocenters. The minimum Gasteiger partial charge on any atom is -0.464 e. The van der Waals surface area contributed by atoms with Gasteiger partial charge in [-0.05, 0) is 29.8 Å². The predicted octanol–water partition coefficient (Wildman–Crippen LogP) is 2.83. The molecule has 134 valence electrons. The molecule has 0 atom stereocenters. The summed E-state index contributed by atoms with van der Waals surface area (Å²) in [6.45, 7) is 0. The number of nitrogens with one attached hydrogen (secondary N) is 1. The van der Waals surface area contributed by atoms with Gasteiger partial charge in [0.1, 0.15) is 5.69 Å². The SMILES string of the molecule is COC(=O)c1[nH]nc(-c2ccc(S(N)(=O)=O)cc2)c1-c1ccc(Cl)cc1. The van der Waals surface area contributed by atoms with E-state index in [4.69, 9.17) is 21.5 Å². The normalized spacial score (nSPS) is 11.3. The summed E-state index contributed by atoms with van der Waals surface area (Å²) in [6, 6.07) is 12.8. The third-order valence-electron chi connectivity index (χ3n) is 3.75. The van der Waals surface area contributed by atoms with Crippen LogP contribution in [-0.2, 0) is 14.8 Å². The number of benzene rings is 2. The third-order valence-corrected chi connectivity index (χ3v) is 4.93. The topological polar surface area (TPSA) is 115 Å². The summed E-state index contributed by atoms with van der Waals surface area (Å²) in [5, 5.41) is 12.6. The first-order valence-electron chi connectivity index (χ1n) is 7.37. The number of primary sulfonamides is 1. The minimum atomic E-state index is -3.80. The van der Waals surface area contributed by atoms with E-state index in [0.29, 0.717) is 27.4 Å². The average Bonchev–Trinajstić information content (AvgIpc) is 3.06. The molecule has 0 fully saturated rings. The van der Waals surface area contributed by atoms with Crippen molar-refractivity contribution in [3.63, 3.8) is 0 Å². The van der Waals surface area contributed by atoms with Gasteiger partial charge in [0.25, 0.3) is 0 Å². The number of hydrogen-bond acceptors (Lipinski definition) is 5. The zero-order valence-corrected chi connectivity index (χ0v) is 15.1. The Morgan fingerprint density at radius 3 is 2.19 bits per heavy atom. The number of rotatable bonds is 4. The van der Waals surface area contributed by atoms with Gasteiger partial charge in [-0.1, -0.05) is 35.9 Å². The van der Waals surface area contributed by atoms with Gasteiger partial charge in [-0.15, -0.1) is 0 Å². The maximum atomic E-state index is 12.1. The Labute approximate surface area is 154 Å². The molecule has 3 rings (SSSR count). The summed E-state index contributed by atoms with van der Waals surface area (Å²) in [7, 11) is -2.52. The lowest BCUT2D eigenvalue weighted by atomic mass is 9.99. The summed E-state index contributed by atoms with van der Waals surface area (Å²) in [5.74, 6) is -0.574. The van der Waals surface area contributed by atoms with Crippen molar-refractivity contribution in [2.45, 2.75) is 4.90 Å². The van der Waals surface area contributed by atoms with Crippen LogP contribution in [0.1, 0.15) is 10.5 Å². The van der Waals surface area contributed by atoms with E-state index in [2.05, 4.69) is 10.2 Å². The molecule has 3 N–H and O–H groups in total. The van der Waals surface area contributed by atoms with Gasteiger partial charge in [-0.3, -0.25) is 5.10 Å². The van der Waals surface area contributed by atoms with Crippen LogP contribution in [0, 0.1) is 0 Å². The highest BCUT2D eigenvalue weighted by molar-refractivity contribution is 7.89. The van der Waals surface area contributed by atoms with E-state index >= 15 is 0 Å². The molecule has 0 amide bonds. The molecule has 0 saturated carbocycles. The van der Waals surface area contributed by atoms with E-state index in [9.17, 15) is 13.2 Å². The first-order valence-corrected chi connectivity index (χ1v) is 9.29. The fraction of sp³-hybridized carbons (Fsp3) is 0.0588. The monoisotopic (exact) mass is 391 g/mol. The summed E-state index contributed by atoms with van der Waals surface area (Å²) in [6.07, 6.45) is 0. The van der Waals surface area contributed by atoms with Crippen LogP contribution >= 0.6 is 11.6 Å². The van der Waals surface area contributed by atoms with Crippen molar-refractivity contribution in [1.29, 1.82) is 0 Å². The molecule has 2 aromatic carbocycles. The van der Waals surface area contributed by atoms with E-state index in [0.717, 1.165) is 0 Å². The number of aromatic amines is 1. The second-order valence-corrected chi connectivity index (χ2v) is 7.39. The zero-order chi connectivity index (χ0) is 18.9. The lowest BCUT2D eigenvalue weighted by molar-refractivity contribution is 0.0595. The molecule has 0 aliphatic heterocycles. The molecule has 7 nitrogen and oxygen atoms in total. The quantitative estimate of drug-likeness (QED) is 0.663. The Hall–Kier alpha value is -2.68. The smallest absolute Gasteiger partial charge is 0.356 e. The Bertz CT molecular complexity index is 1060. The summed E-state index contributed by atoms with van der Waals surface area (Å²) >= 11 is 5.94. The Morgan fingerprint density at radius 1 is 1.08 bits per heavy atom. The van der Waals surface area contributed by atoms with Crippen molar-refractivity contribution in [3.8, 4) is 22.4 Å². The molecule has 0 aliphatic carbocycles. The highest BCUT2D eigenvalue weighted by atomic mass is 35.5. The first kappa shape index (κ1) is 18.1. The van der Waals surface area contributed by atoms with Crippen molar-refractivity contribution in [3.05, 3.63) is 59.2 Å². The van der Waals surface area contributed by atoms with Crippen LogP contribution in [0.3, 0.4) is 0 Å². The molecule has 9 heteroatoms. The summed E-state index contributed by atoms with van der Waals surface area (Å²) in [5.41, 5.74) is 2.48. The van der Waals surface area contributed by atoms with Gasteiger partial charge in [0, 0.05) is 16.1 Å². The number of H-pyrrole nitrogens is 1. The largest absolute Gasteiger partial charge is 0.464 e. The van der Waals surface area contributed by atoms with Crippen molar-refractivity contribution in [1.82, 2.24) is 10.2 Å². The molecule has 1 aromatic heterocycles. The van der Waals surface area contributed by atoms with Crippen LogP contribution in [0.2, 0.25) is 5.02 Å². The standard InChI is InChI=1S/C17H14ClN3O4S/c1-25-17(22)16-14(10-2-6-12(18)7-3-10)15(20-21-16)11-4-8-13(9-5-11)26(19,23)24/h2-9H,1H3,(H,20,21)(H2,19,23,24). The highest BCUT2D eigenvalue weighted by Crippen LogP contribution is 2.34. The fourth-order valence-corrected chi connectivity index (χ4v) is 3.14. The van der Waals surface area contributed by atoms with Gasteiger partial charge in [-0.25, -0.2) is 18.4 Å². The average molecular weight is 392 g/mol. The minimum absolute atomic E-state index is 0.0157. The first-order chi connectivity index (χ1) is 12.3. The van der Waals surface area contributed by atoms with E-state index in [1.165, 1.54) is 19.2 Å². The number of carbonyl (C=O) groups is 1. The van der Waals surface area contributed by atoms with Crippen LogP contribution in [0.15, 0.2) is 53.4 Å². The van der Waals surface area contributed by atoms with E-state index in [1.54, 1.807) is 36.4 Å². The van der Waals surface area contributed by atoms with Crippen LogP contribution in [0.25, 0.3) is 22.4 Å². The number of ether oxygens (including phenoxy) is 1. The molecule has 26 heavy (non-hydrogen) atoms. The molecular formula is C17H14ClN3O4S. The Morgan fingerprint density at radius 2 is 1.65 bits per heavy atom. The van der Waals surface area contributed by atoms with E-state index in [1.807, 2.05) is 0 Å². The second kappa shape index (κ2) is 6.91. The predicted molar refractivity (Wildman–Crippen MR) is 97.2 cm³/mol. The van der Waals surface area contributed by atoms with Gasteiger partial charge in [-0.2, -0.15) is 5.10 Å². The second-order valence-electron chi connectivity index (χ2n) is 5.39. The van der Waals surface area contributed by atoms with Gasteiger partial charge >= 0.3 is 5.97 Å². The number of aromatic nitrogens is 2. The molecule has 0 saturated heterocycles. The number of nitrogens with zero attached hydrogens (tertiary/aromatic N) is 1. The molecule has 1 heterocycles. The van der Waals surface area contributed by atoms with Crippen LogP contribution in [-0.4, -0.2) is 31.7 Å². The summed E-state index contributed by atoms with van der Waals surface area (Å²) in [4.78, 5) is 12.1. The van der Waals surface area contributed by atoms with Gasteiger partial charge in [0.05, 0.1) is 12.0 Å². The number of carbonyl (C=O) groups excluding carboxylic acids is 1. The maximum absolute atomic E-state index is 12.1. The maximum Gasteiger partial charge on any atom is 0.356 e. The number of esters is 1. The van der Waals surface area contributed by atoms with Crippen LogP contribution in [0.5, 0.6) is 0 Å². The molecule has 0 radical (unpaired) electrons. The van der Waals surface area contributed by atoms with Crippen LogP contribution in [0.4, 0.5) is 0 Å². The lowest BCUT2D eigenvalue weighted by Crippen LogP contribution is -2.11. The number of sulfonamides is 1. The number of halogens is 1. The fourth-order valence-electron chi connectivity index (χ4n) is 2.50. The van der Waals surface area contributed by atoms with Gasteiger partial charge in [0.2, 0.25) is 10.0 Å². The lowest BCUT2D eigenvalue weighted by Gasteiger charge is -2.07. The summed E-state index contributed by atoms with van der Waals surface area (Å²) < 4.78 is 27.6. The third kappa shape index (κ3) is 3.48. The highest BCUT2D eigenvalue weighted by Gasteiger charge is 2.22. The van der Waals surface area contributed by atoms with Crippen molar-refractivity contribution < 1.29 is 17.9 Å². The van der Waals surface area contributed by atoms with E-state index in [-0.39, 0.29) is 10.6 Å². The van der Waals surface area contributed by atoms with Crippen LogP contribution < -0.4 is 5.14 Å². The van der Waals surface area contributed by atoms with Crippen molar-refractivity contribution in [2.24, 2.45) is 5.14 Å². The Balaban J connectivity index is 2.17. The van der Waals surface area contributed by atoms with Gasteiger partial charge < -0.3 is 4.74 Å². The van der Waals surface area contributed by atoms with E-state index < -0.39 is 16.0 Å².